The second-order valence-electron chi connectivity index (χ2n) is 3.81. The Kier molecular flexibility index (Phi) is 3.15. The van der Waals surface area contributed by atoms with Gasteiger partial charge in [-0.2, -0.15) is 0 Å². The van der Waals surface area contributed by atoms with Crippen molar-refractivity contribution < 1.29 is 0 Å². The Labute approximate surface area is 98.0 Å². The first-order valence-electron chi connectivity index (χ1n) is 4.84. The highest BCUT2D eigenvalue weighted by Gasteiger charge is 2.19. The summed E-state index contributed by atoms with van der Waals surface area (Å²) in [6.07, 6.45) is 1.23. The van der Waals surface area contributed by atoms with Crippen LogP contribution in [0.3, 0.4) is 0 Å². The lowest BCUT2D eigenvalue weighted by Crippen LogP contribution is -2.08. The molecule has 76 valence electrons. The lowest BCUT2D eigenvalue weighted by Gasteiger charge is -2.13. The summed E-state index contributed by atoms with van der Waals surface area (Å²) in [4.78, 5) is 0. The minimum absolute atomic E-state index is 0.656. The predicted octanol–water partition coefficient (Wildman–Crippen LogP) is 3.49. The van der Waals surface area contributed by atoms with E-state index in [4.69, 9.17) is 11.6 Å². The molecular weight excluding hydrogens is 261 g/mol. The molecule has 1 fully saturated rings. The Morgan fingerprint density at radius 1 is 1.50 bits per heavy atom. The molecule has 1 saturated heterocycles. The van der Waals surface area contributed by atoms with Gasteiger partial charge in [-0.1, -0.05) is 11.6 Å². The van der Waals surface area contributed by atoms with E-state index in [0.717, 1.165) is 22.6 Å². The largest absolute Gasteiger partial charge is 0.316 e. The second-order valence-corrected chi connectivity index (χ2v) is 5.07. The third-order valence-electron chi connectivity index (χ3n) is 2.81. The highest BCUT2D eigenvalue weighted by atomic mass is 79.9. The van der Waals surface area contributed by atoms with Crippen LogP contribution in [-0.2, 0) is 0 Å². The predicted molar refractivity (Wildman–Crippen MR) is 64.1 cm³/mol. The monoisotopic (exact) mass is 273 g/mol. The van der Waals surface area contributed by atoms with Crippen molar-refractivity contribution in [1.29, 1.82) is 0 Å². The normalized spacial score (nSPS) is 21.5. The topological polar surface area (TPSA) is 12.0 Å². The summed E-state index contributed by atoms with van der Waals surface area (Å²) in [5.41, 5.74) is 2.72. The zero-order valence-corrected chi connectivity index (χ0v) is 10.5. The van der Waals surface area contributed by atoms with Crippen LogP contribution in [-0.4, -0.2) is 13.1 Å². The van der Waals surface area contributed by atoms with E-state index in [9.17, 15) is 0 Å². The summed E-state index contributed by atoms with van der Waals surface area (Å²) in [6.45, 7) is 4.35. The maximum Gasteiger partial charge on any atom is 0.0550 e. The Morgan fingerprint density at radius 2 is 2.29 bits per heavy atom. The number of aryl methyl sites for hydroxylation is 1. The molecule has 1 aliphatic rings. The molecule has 2 rings (SSSR count). The van der Waals surface area contributed by atoms with Gasteiger partial charge < -0.3 is 5.32 Å². The second kappa shape index (κ2) is 4.21. The quantitative estimate of drug-likeness (QED) is 0.827. The van der Waals surface area contributed by atoms with Gasteiger partial charge in [0.25, 0.3) is 0 Å². The van der Waals surface area contributed by atoms with E-state index < -0.39 is 0 Å². The fourth-order valence-corrected chi connectivity index (χ4v) is 2.60. The molecule has 1 aromatic rings. The van der Waals surface area contributed by atoms with Crippen LogP contribution in [0.1, 0.15) is 23.5 Å². The summed E-state index contributed by atoms with van der Waals surface area (Å²) >= 11 is 9.51. The smallest absolute Gasteiger partial charge is 0.0550 e. The molecule has 1 heterocycles. The van der Waals surface area contributed by atoms with E-state index in [1.165, 1.54) is 17.5 Å². The van der Waals surface area contributed by atoms with Crippen molar-refractivity contribution in [3.8, 4) is 0 Å². The van der Waals surface area contributed by atoms with Crippen molar-refractivity contribution in [2.24, 2.45) is 0 Å². The van der Waals surface area contributed by atoms with Crippen molar-refractivity contribution in [2.45, 2.75) is 19.3 Å². The first-order chi connectivity index (χ1) is 6.68. The molecule has 14 heavy (non-hydrogen) atoms. The van der Waals surface area contributed by atoms with Gasteiger partial charge in [0.2, 0.25) is 0 Å². The molecular formula is C11H13BrClN. The summed E-state index contributed by atoms with van der Waals surface area (Å²) < 4.78 is 1.01. The molecule has 0 aromatic heterocycles. The molecule has 1 unspecified atom stereocenters. The van der Waals surface area contributed by atoms with Crippen LogP contribution in [0, 0.1) is 6.92 Å². The van der Waals surface area contributed by atoms with Gasteiger partial charge in [0.05, 0.1) is 5.02 Å². The van der Waals surface area contributed by atoms with Crippen LogP contribution >= 0.6 is 27.5 Å². The van der Waals surface area contributed by atoms with Crippen molar-refractivity contribution >= 4 is 27.5 Å². The number of benzene rings is 1. The maximum absolute atomic E-state index is 6.03. The molecule has 0 aliphatic carbocycles. The minimum Gasteiger partial charge on any atom is -0.316 e. The lowest BCUT2D eigenvalue weighted by molar-refractivity contribution is 0.757. The van der Waals surface area contributed by atoms with Gasteiger partial charge in [0.15, 0.2) is 0 Å². The van der Waals surface area contributed by atoms with Gasteiger partial charge in [-0.05, 0) is 65.0 Å². The fourth-order valence-electron chi connectivity index (χ4n) is 2.02. The average molecular weight is 275 g/mol. The van der Waals surface area contributed by atoms with Crippen molar-refractivity contribution in [3.05, 3.63) is 32.8 Å². The number of rotatable bonds is 1. The summed E-state index contributed by atoms with van der Waals surface area (Å²) in [5, 5.41) is 4.19. The third-order valence-corrected chi connectivity index (χ3v) is 4.01. The van der Waals surface area contributed by atoms with Crippen LogP contribution < -0.4 is 5.32 Å². The van der Waals surface area contributed by atoms with Crippen LogP contribution in [0.2, 0.25) is 5.02 Å². The molecule has 0 amide bonds. The minimum atomic E-state index is 0.656. The molecule has 1 nitrogen and oxygen atoms in total. The number of nitrogens with one attached hydrogen (secondary N) is 1. The molecule has 3 heteroatoms. The van der Waals surface area contributed by atoms with Gasteiger partial charge in [-0.25, -0.2) is 0 Å². The Morgan fingerprint density at radius 3 is 2.93 bits per heavy atom. The molecule has 1 aliphatic heterocycles. The highest BCUT2D eigenvalue weighted by Crippen LogP contribution is 2.32. The van der Waals surface area contributed by atoms with Crippen molar-refractivity contribution in [1.82, 2.24) is 5.32 Å². The molecule has 0 saturated carbocycles. The van der Waals surface area contributed by atoms with Crippen LogP contribution in [0.5, 0.6) is 0 Å². The van der Waals surface area contributed by atoms with Gasteiger partial charge in [-0.3, -0.25) is 0 Å². The molecule has 0 radical (unpaired) electrons. The van der Waals surface area contributed by atoms with Crippen LogP contribution in [0.4, 0.5) is 0 Å². The SMILES string of the molecule is Cc1cc(Cl)c(Br)cc1C1CCNC1. The standard InChI is InChI=1S/C11H13BrClN/c1-7-4-11(13)10(12)5-9(7)8-2-3-14-6-8/h4-5,8,14H,2-3,6H2,1H3. The van der Waals surface area contributed by atoms with Gasteiger partial charge in [-0.15, -0.1) is 0 Å². The van der Waals surface area contributed by atoms with Crippen molar-refractivity contribution in [2.75, 3.05) is 13.1 Å². The molecule has 0 spiro atoms. The third kappa shape index (κ3) is 1.97. The van der Waals surface area contributed by atoms with E-state index >= 15 is 0 Å². The molecule has 0 bridgehead atoms. The Balaban J connectivity index is 2.37. The van der Waals surface area contributed by atoms with Gasteiger partial charge in [0, 0.05) is 11.0 Å². The summed E-state index contributed by atoms with van der Waals surface area (Å²) in [6, 6.07) is 4.20. The van der Waals surface area contributed by atoms with Crippen LogP contribution in [0.15, 0.2) is 16.6 Å². The molecule has 1 aromatic carbocycles. The highest BCUT2D eigenvalue weighted by molar-refractivity contribution is 9.10. The van der Waals surface area contributed by atoms with E-state index in [0.29, 0.717) is 5.92 Å². The van der Waals surface area contributed by atoms with E-state index in [2.05, 4.69) is 34.2 Å². The molecule has 1 atom stereocenters. The lowest BCUT2D eigenvalue weighted by atomic mass is 9.94. The Hall–Kier alpha value is -0.0500. The van der Waals surface area contributed by atoms with E-state index in [-0.39, 0.29) is 0 Å². The first-order valence-corrected chi connectivity index (χ1v) is 6.02. The first kappa shape index (κ1) is 10.5. The van der Waals surface area contributed by atoms with Gasteiger partial charge >= 0.3 is 0 Å². The Bertz CT molecular complexity index is 345. The van der Waals surface area contributed by atoms with Crippen LogP contribution in [0.25, 0.3) is 0 Å². The number of hydrogen-bond donors (Lipinski definition) is 1. The van der Waals surface area contributed by atoms with Crippen molar-refractivity contribution in [3.63, 3.8) is 0 Å². The van der Waals surface area contributed by atoms with E-state index in [1.54, 1.807) is 0 Å². The number of hydrogen-bond acceptors (Lipinski definition) is 1. The summed E-state index contributed by atoms with van der Waals surface area (Å²) in [5.74, 6) is 0.656. The van der Waals surface area contributed by atoms with E-state index in [1.807, 2.05) is 6.07 Å². The average Bonchev–Trinajstić information content (AvgIpc) is 2.64. The zero-order chi connectivity index (χ0) is 10.1. The zero-order valence-electron chi connectivity index (χ0n) is 8.11. The summed E-state index contributed by atoms with van der Waals surface area (Å²) in [7, 11) is 0. The fraction of sp³-hybridized carbons (Fsp3) is 0.455. The molecule has 1 N–H and O–H groups in total. The maximum atomic E-state index is 6.03. The number of halogens is 2. The van der Waals surface area contributed by atoms with Gasteiger partial charge in [0.1, 0.15) is 0 Å².